The van der Waals surface area contributed by atoms with Crippen molar-refractivity contribution in [2.45, 2.75) is 45.6 Å². The van der Waals surface area contributed by atoms with E-state index in [-0.39, 0.29) is 17.6 Å². The molecule has 0 aromatic heterocycles. The highest BCUT2D eigenvalue weighted by atomic mass is 19.1. The summed E-state index contributed by atoms with van der Waals surface area (Å²) < 4.78 is 13.0. The second kappa shape index (κ2) is 7.27. The molecule has 2 atom stereocenters. The molecule has 0 aliphatic rings. The van der Waals surface area contributed by atoms with Gasteiger partial charge in [-0.1, -0.05) is 25.5 Å². The van der Waals surface area contributed by atoms with Crippen molar-refractivity contribution in [3.63, 3.8) is 0 Å². The van der Waals surface area contributed by atoms with E-state index in [1.165, 1.54) is 13.0 Å². The second-order valence-electron chi connectivity index (χ2n) is 5.08. The molecule has 2 N–H and O–H groups in total. The lowest BCUT2D eigenvalue weighted by Gasteiger charge is -2.14. The summed E-state index contributed by atoms with van der Waals surface area (Å²) in [4.78, 5) is 11.0. The normalized spacial score (nSPS) is 14.2. The average Bonchev–Trinajstić information content (AvgIpc) is 2.28. The first-order valence-electron chi connectivity index (χ1n) is 6.49. The fourth-order valence-electron chi connectivity index (χ4n) is 2.06. The van der Waals surface area contributed by atoms with Crippen LogP contribution in [0.1, 0.15) is 38.7 Å². The predicted molar refractivity (Wildman–Crippen MR) is 71.8 cm³/mol. The SMILES string of the molecule is CC(=O)C(N)CC(C)CCCc1cccc(F)c1. The van der Waals surface area contributed by atoms with Crippen LogP contribution in [0.3, 0.4) is 0 Å². The maximum atomic E-state index is 13.0. The Morgan fingerprint density at radius 1 is 1.44 bits per heavy atom. The van der Waals surface area contributed by atoms with Gasteiger partial charge >= 0.3 is 0 Å². The highest BCUT2D eigenvalue weighted by Crippen LogP contribution is 2.15. The molecule has 0 spiro atoms. The summed E-state index contributed by atoms with van der Waals surface area (Å²) in [6.45, 7) is 3.64. The van der Waals surface area contributed by atoms with Gasteiger partial charge in [0, 0.05) is 0 Å². The fraction of sp³-hybridized carbons (Fsp3) is 0.533. The highest BCUT2D eigenvalue weighted by Gasteiger charge is 2.12. The minimum absolute atomic E-state index is 0.0481. The standard InChI is InChI=1S/C15H22FNO/c1-11(9-15(17)12(2)18)5-3-6-13-7-4-8-14(16)10-13/h4,7-8,10-11,15H,3,5-6,9,17H2,1-2H3. The highest BCUT2D eigenvalue weighted by molar-refractivity contribution is 5.81. The van der Waals surface area contributed by atoms with E-state index in [4.69, 9.17) is 5.73 Å². The molecule has 0 radical (unpaired) electrons. The molecule has 1 aromatic carbocycles. The first kappa shape index (κ1) is 14.8. The summed E-state index contributed by atoms with van der Waals surface area (Å²) in [5, 5.41) is 0. The zero-order valence-electron chi connectivity index (χ0n) is 11.2. The third kappa shape index (κ3) is 5.41. The van der Waals surface area contributed by atoms with E-state index < -0.39 is 0 Å². The number of rotatable bonds is 7. The molecular formula is C15H22FNO. The number of Topliss-reactive ketones (excluding diaryl/α,β-unsaturated/α-hetero) is 1. The van der Waals surface area contributed by atoms with E-state index in [2.05, 4.69) is 6.92 Å². The van der Waals surface area contributed by atoms with Gasteiger partial charge in [0.1, 0.15) is 11.6 Å². The largest absolute Gasteiger partial charge is 0.322 e. The van der Waals surface area contributed by atoms with Gasteiger partial charge in [-0.05, 0) is 49.8 Å². The van der Waals surface area contributed by atoms with Crippen molar-refractivity contribution in [1.29, 1.82) is 0 Å². The van der Waals surface area contributed by atoms with Crippen LogP contribution in [0.4, 0.5) is 4.39 Å². The summed E-state index contributed by atoms with van der Waals surface area (Å²) in [6.07, 6.45) is 3.61. The topological polar surface area (TPSA) is 43.1 Å². The van der Waals surface area contributed by atoms with Crippen LogP contribution in [0.15, 0.2) is 24.3 Å². The maximum absolute atomic E-state index is 13.0. The van der Waals surface area contributed by atoms with Crippen molar-refractivity contribution < 1.29 is 9.18 Å². The van der Waals surface area contributed by atoms with E-state index in [1.54, 1.807) is 12.1 Å². The first-order valence-corrected chi connectivity index (χ1v) is 6.49. The van der Waals surface area contributed by atoms with Crippen molar-refractivity contribution in [3.05, 3.63) is 35.6 Å². The molecule has 1 rings (SSSR count). The molecule has 0 saturated carbocycles. The summed E-state index contributed by atoms with van der Waals surface area (Å²) in [6, 6.07) is 6.37. The molecule has 0 amide bonds. The zero-order chi connectivity index (χ0) is 13.5. The number of carbonyl (C=O) groups excluding carboxylic acids is 1. The van der Waals surface area contributed by atoms with Gasteiger partial charge in [-0.25, -0.2) is 4.39 Å². The van der Waals surface area contributed by atoms with Gasteiger partial charge in [-0.3, -0.25) is 4.79 Å². The summed E-state index contributed by atoms with van der Waals surface area (Å²) in [7, 11) is 0. The van der Waals surface area contributed by atoms with Crippen LogP contribution in [0, 0.1) is 11.7 Å². The molecule has 0 heterocycles. The van der Waals surface area contributed by atoms with Crippen LogP contribution in [-0.4, -0.2) is 11.8 Å². The van der Waals surface area contributed by atoms with Crippen LogP contribution < -0.4 is 5.73 Å². The fourth-order valence-corrected chi connectivity index (χ4v) is 2.06. The van der Waals surface area contributed by atoms with Gasteiger partial charge in [-0.15, -0.1) is 0 Å². The van der Waals surface area contributed by atoms with Crippen molar-refractivity contribution in [2.24, 2.45) is 11.7 Å². The van der Waals surface area contributed by atoms with Crippen LogP contribution in [0.5, 0.6) is 0 Å². The molecule has 0 bridgehead atoms. The Kier molecular flexibility index (Phi) is 5.99. The third-order valence-electron chi connectivity index (χ3n) is 3.23. The van der Waals surface area contributed by atoms with Crippen molar-refractivity contribution in [3.8, 4) is 0 Å². The van der Waals surface area contributed by atoms with E-state index in [0.29, 0.717) is 5.92 Å². The molecule has 0 saturated heterocycles. The monoisotopic (exact) mass is 251 g/mol. The number of aryl methyl sites for hydroxylation is 1. The minimum atomic E-state index is -0.339. The number of ketones is 1. The van der Waals surface area contributed by atoms with Crippen molar-refractivity contribution in [2.75, 3.05) is 0 Å². The Bertz CT molecular complexity index is 392. The van der Waals surface area contributed by atoms with Crippen molar-refractivity contribution >= 4 is 5.78 Å². The van der Waals surface area contributed by atoms with Gasteiger partial charge in [0.05, 0.1) is 6.04 Å². The molecule has 2 nitrogen and oxygen atoms in total. The van der Waals surface area contributed by atoms with Crippen molar-refractivity contribution in [1.82, 2.24) is 0 Å². The second-order valence-corrected chi connectivity index (χ2v) is 5.08. The zero-order valence-corrected chi connectivity index (χ0v) is 11.2. The van der Waals surface area contributed by atoms with Crippen LogP contribution in [-0.2, 0) is 11.2 Å². The smallest absolute Gasteiger partial charge is 0.146 e. The van der Waals surface area contributed by atoms with E-state index >= 15 is 0 Å². The van der Waals surface area contributed by atoms with Crippen LogP contribution in [0.2, 0.25) is 0 Å². The number of nitrogens with two attached hydrogens (primary N) is 1. The molecule has 3 heteroatoms. The Hall–Kier alpha value is -1.22. The number of carbonyl (C=O) groups is 1. The number of hydrogen-bond donors (Lipinski definition) is 1. The Morgan fingerprint density at radius 3 is 2.78 bits per heavy atom. The molecule has 0 aliphatic heterocycles. The molecule has 100 valence electrons. The lowest BCUT2D eigenvalue weighted by Crippen LogP contribution is -2.30. The van der Waals surface area contributed by atoms with Crippen LogP contribution >= 0.6 is 0 Å². The average molecular weight is 251 g/mol. The molecule has 2 unspecified atom stereocenters. The Balaban J connectivity index is 2.27. The van der Waals surface area contributed by atoms with Gasteiger partial charge in [0.2, 0.25) is 0 Å². The van der Waals surface area contributed by atoms with Gasteiger partial charge < -0.3 is 5.73 Å². The van der Waals surface area contributed by atoms with Gasteiger partial charge in [-0.2, -0.15) is 0 Å². The Labute approximate surface area is 108 Å². The molecule has 0 aliphatic carbocycles. The molecule has 1 aromatic rings. The summed E-state index contributed by atoms with van der Waals surface area (Å²) >= 11 is 0. The third-order valence-corrected chi connectivity index (χ3v) is 3.23. The first-order chi connectivity index (χ1) is 8.49. The van der Waals surface area contributed by atoms with Gasteiger partial charge in [0.25, 0.3) is 0 Å². The number of halogens is 1. The van der Waals surface area contributed by atoms with Gasteiger partial charge in [0.15, 0.2) is 0 Å². The molecule has 18 heavy (non-hydrogen) atoms. The van der Waals surface area contributed by atoms with E-state index in [1.807, 2.05) is 6.07 Å². The van der Waals surface area contributed by atoms with Crippen LogP contribution in [0.25, 0.3) is 0 Å². The lowest BCUT2D eigenvalue weighted by molar-refractivity contribution is -0.118. The molecular weight excluding hydrogens is 229 g/mol. The quantitative estimate of drug-likeness (QED) is 0.809. The number of hydrogen-bond acceptors (Lipinski definition) is 2. The maximum Gasteiger partial charge on any atom is 0.146 e. The number of benzene rings is 1. The van der Waals surface area contributed by atoms with E-state index in [9.17, 15) is 9.18 Å². The van der Waals surface area contributed by atoms with E-state index in [0.717, 1.165) is 31.2 Å². The lowest BCUT2D eigenvalue weighted by atomic mass is 9.94. The summed E-state index contributed by atoms with van der Waals surface area (Å²) in [5.41, 5.74) is 6.75. The Morgan fingerprint density at radius 2 is 2.17 bits per heavy atom. The minimum Gasteiger partial charge on any atom is -0.322 e. The predicted octanol–water partition coefficient (Wildman–Crippen LogP) is 3.09. The molecule has 0 fully saturated rings. The summed E-state index contributed by atoms with van der Waals surface area (Å²) in [5.74, 6) is 0.295.